The van der Waals surface area contributed by atoms with Crippen LogP contribution in [-0.4, -0.2) is 162 Å². The van der Waals surface area contributed by atoms with Crippen LogP contribution in [0.2, 0.25) is 0 Å². The summed E-state index contributed by atoms with van der Waals surface area (Å²) in [5.41, 5.74) is 0. The van der Waals surface area contributed by atoms with Gasteiger partial charge in [0.05, 0.1) is 0 Å². The Morgan fingerprint density at radius 3 is 0.290 bits per heavy atom. The van der Waals surface area contributed by atoms with Crippen LogP contribution in [-0.2, 0) is 0 Å². The number of rotatable bonds is 0. The van der Waals surface area contributed by atoms with Gasteiger partial charge >= 0.3 is 66.2 Å². The third kappa shape index (κ3) is 231000. The summed E-state index contributed by atoms with van der Waals surface area (Å²) in [5, 5.41) is 109. The number of hydrogen-bond donors (Lipinski definition) is 14. The molecule has 0 saturated heterocycles. The van der Waals surface area contributed by atoms with Gasteiger partial charge in [-0.3, -0.25) is 0 Å². The fourth-order valence-electron chi connectivity index (χ4n) is 0. The van der Waals surface area contributed by atoms with Crippen molar-refractivity contribution in [3.8, 4) is 0 Å². The molecule has 0 bridgehead atoms. The van der Waals surface area contributed by atoms with Gasteiger partial charge in [0.15, 0.2) is 0 Å². The molecule has 0 atom stereocenters. The zero-order chi connectivity index (χ0) is 17.9. The van der Waals surface area contributed by atoms with Crippen molar-refractivity contribution < 1.29 is 160 Å². The molecule has 0 aromatic rings. The molecule has 200 valence electrons. The summed E-state index contributed by atoms with van der Waals surface area (Å²) in [7, 11) is -11.1. The molecule has 31 heavy (non-hydrogen) atoms. The van der Waals surface area contributed by atoms with Gasteiger partial charge in [-0.05, 0) is 0 Å². The van der Waals surface area contributed by atoms with Gasteiger partial charge < -0.3 is 130 Å². The van der Waals surface area contributed by atoms with E-state index in [0.29, 0.717) is 0 Å². The summed E-state index contributed by atoms with van der Waals surface area (Å²) in [5.74, 6) is 0. The van der Waals surface area contributed by atoms with E-state index in [1.165, 1.54) is 0 Å². The molecule has 0 aromatic carbocycles. The van der Waals surface area contributed by atoms with Gasteiger partial charge in [0.2, 0.25) is 0 Å². The SMILES string of the molecule is O.O.O.O.O.O.O.O.O.O.OB(O)O.OB(O)O.OB(O)O.OB(O)O.[Na+].[O-]B(O)O. The molecular formula is H34B5NaO25. The van der Waals surface area contributed by atoms with Crippen LogP contribution in [0.5, 0.6) is 0 Å². The van der Waals surface area contributed by atoms with Gasteiger partial charge in [0.25, 0.3) is 0 Å². The third-order valence-electron chi connectivity index (χ3n) is 0. The molecule has 0 unspecified atom stereocenters. The fraction of sp³-hybridized carbons (Fsp3) is 0. The molecule has 31 heteroatoms. The van der Waals surface area contributed by atoms with Crippen molar-refractivity contribution in [2.45, 2.75) is 0 Å². The normalized spacial score (nSPS) is 4.35. The Morgan fingerprint density at radius 1 is 0.290 bits per heavy atom. The Labute approximate surface area is 196 Å². The smallest absolute Gasteiger partial charge is 0.832 e. The maximum absolute atomic E-state index is 8.64. The molecule has 0 amide bonds. The second-order valence-electron chi connectivity index (χ2n) is 1.71. The van der Waals surface area contributed by atoms with Gasteiger partial charge in [-0.2, -0.15) is 0 Å². The molecule has 0 heterocycles. The second-order valence-corrected chi connectivity index (χ2v) is 1.71. The van der Waals surface area contributed by atoms with Crippen LogP contribution in [0.3, 0.4) is 0 Å². The summed E-state index contributed by atoms with van der Waals surface area (Å²) in [6.45, 7) is 0. The maximum Gasteiger partial charge on any atom is 1.00 e. The van der Waals surface area contributed by atoms with E-state index in [1.807, 2.05) is 0 Å². The molecule has 0 radical (unpaired) electrons. The van der Waals surface area contributed by atoms with Crippen molar-refractivity contribution in [1.82, 2.24) is 0 Å². The predicted octanol–water partition coefficient (Wildman–Crippen LogP) is -22.1. The molecule has 0 aliphatic rings. The molecule has 0 aliphatic carbocycles. The average Bonchev–Trinajstić information content (AvgIpc) is 1.94. The molecular weight excluding hydrogens is 477 g/mol. The van der Waals surface area contributed by atoms with Crippen LogP contribution in [0.4, 0.5) is 0 Å². The van der Waals surface area contributed by atoms with E-state index in [1.54, 1.807) is 0 Å². The average molecular weight is 511 g/mol. The first-order chi connectivity index (χ1) is 8.66. The van der Waals surface area contributed by atoms with Crippen LogP contribution < -0.4 is 34.6 Å². The van der Waals surface area contributed by atoms with Crippen LogP contribution >= 0.6 is 0 Å². The minimum atomic E-state index is -2.42. The Balaban J connectivity index is -0.00000000595. The van der Waals surface area contributed by atoms with E-state index >= 15 is 0 Å². The zero-order valence-corrected chi connectivity index (χ0v) is 17.6. The Kier molecular flexibility index (Phi) is 439. The molecule has 0 spiro atoms. The van der Waals surface area contributed by atoms with E-state index in [0.717, 1.165) is 0 Å². The van der Waals surface area contributed by atoms with Crippen molar-refractivity contribution in [3.05, 3.63) is 0 Å². The van der Waals surface area contributed by atoms with Gasteiger partial charge in [-0.15, -0.1) is 0 Å². The van der Waals surface area contributed by atoms with E-state index in [9.17, 15) is 0 Å². The van der Waals surface area contributed by atoms with Crippen molar-refractivity contribution in [2.75, 3.05) is 0 Å². The van der Waals surface area contributed by atoms with E-state index in [2.05, 4.69) is 0 Å². The minimum absolute atomic E-state index is 0. The molecule has 34 N–H and O–H groups in total. The van der Waals surface area contributed by atoms with Crippen LogP contribution in [0.15, 0.2) is 0 Å². The van der Waals surface area contributed by atoms with Crippen molar-refractivity contribution in [2.24, 2.45) is 0 Å². The second kappa shape index (κ2) is 111. The Bertz CT molecular complexity index is 84.5. The minimum Gasteiger partial charge on any atom is -0.832 e. The monoisotopic (exact) mass is 512 g/mol. The maximum atomic E-state index is 8.64. The first-order valence-corrected chi connectivity index (χ1v) is 3.85. The number of hydrogen-bond acceptors (Lipinski definition) is 15. The van der Waals surface area contributed by atoms with Gasteiger partial charge in [-0.25, -0.2) is 0 Å². The quantitative estimate of drug-likeness (QED) is 0.134. The summed E-state index contributed by atoms with van der Waals surface area (Å²) in [6.07, 6.45) is 0. The van der Waals surface area contributed by atoms with Crippen LogP contribution in [0.1, 0.15) is 0 Å². The van der Waals surface area contributed by atoms with Crippen molar-refractivity contribution >= 4 is 36.6 Å². The molecule has 0 aromatic heterocycles. The first-order valence-electron chi connectivity index (χ1n) is 3.85. The molecule has 0 fully saturated rings. The molecule has 0 rings (SSSR count). The van der Waals surface area contributed by atoms with Gasteiger partial charge in [0.1, 0.15) is 0 Å². The first kappa shape index (κ1) is 123. The Morgan fingerprint density at radius 2 is 0.290 bits per heavy atom. The fourth-order valence-corrected chi connectivity index (χ4v) is 0. The van der Waals surface area contributed by atoms with E-state index < -0.39 is 36.6 Å². The largest absolute Gasteiger partial charge is 1.00 e. The molecule has 0 aliphatic heterocycles. The van der Waals surface area contributed by atoms with E-state index in [-0.39, 0.29) is 84.3 Å². The van der Waals surface area contributed by atoms with Gasteiger partial charge in [-0.1, -0.05) is 0 Å². The van der Waals surface area contributed by atoms with Gasteiger partial charge in [0, 0.05) is 0 Å². The van der Waals surface area contributed by atoms with Crippen molar-refractivity contribution in [3.63, 3.8) is 0 Å². The topological polar surface area (TPSA) is 621 Å². The summed E-state index contributed by atoms with van der Waals surface area (Å²) < 4.78 is 0. The van der Waals surface area contributed by atoms with E-state index in [4.69, 9.17) is 75.4 Å². The summed E-state index contributed by atoms with van der Waals surface area (Å²) >= 11 is 0. The summed E-state index contributed by atoms with van der Waals surface area (Å²) in [6, 6.07) is 0. The summed E-state index contributed by atoms with van der Waals surface area (Å²) in [4.78, 5) is 0. The standard InChI is InChI=1S/4BH3O3.BH2O3.Na.10H2O/c5*2-1(3)4;;;;;;;;;;;/h4*2-4H;2-3H;;10*1H2/q;;;;-1;+1;;;;;;;;;;. The van der Waals surface area contributed by atoms with Crippen LogP contribution in [0.25, 0.3) is 0 Å². The van der Waals surface area contributed by atoms with Crippen molar-refractivity contribution in [1.29, 1.82) is 0 Å². The van der Waals surface area contributed by atoms with Crippen LogP contribution in [0, 0.1) is 0 Å². The Hall–Kier alpha value is 0.325. The third-order valence-corrected chi connectivity index (χ3v) is 0. The molecule has 0 saturated carbocycles. The predicted molar refractivity (Wildman–Crippen MR) is 96.0 cm³/mol. The zero-order valence-electron chi connectivity index (χ0n) is 15.6. The molecule has 25 nitrogen and oxygen atoms in total.